The second-order valence-corrected chi connectivity index (χ2v) is 8.70. The molecule has 38 heavy (non-hydrogen) atoms. The molecule has 1 atom stereocenters. The number of hydrogen-bond donors (Lipinski definition) is 0. The maximum absolute atomic E-state index is 13.6. The van der Waals surface area contributed by atoms with Crippen LogP contribution in [0.5, 0.6) is 23.0 Å². The number of nitrogens with zero attached hydrogens (tertiary/aromatic N) is 1. The van der Waals surface area contributed by atoms with Gasteiger partial charge in [-0.2, -0.15) is 0 Å². The van der Waals surface area contributed by atoms with Gasteiger partial charge in [0, 0.05) is 18.2 Å². The van der Waals surface area contributed by atoms with Crippen LogP contribution in [0.4, 0.5) is 5.69 Å². The van der Waals surface area contributed by atoms with Crippen LogP contribution in [-0.4, -0.2) is 45.7 Å². The molecule has 1 aromatic heterocycles. The number of Topliss-reactive ketones (excluding diaryl/α,β-unsaturated/α-hetero) is 1. The van der Waals surface area contributed by atoms with Crippen molar-refractivity contribution in [2.45, 2.75) is 13.0 Å². The molecule has 1 aliphatic rings. The molecule has 4 aromatic rings. The minimum atomic E-state index is -1.05. The zero-order valence-corrected chi connectivity index (χ0v) is 21.3. The average molecular weight is 516 g/mol. The van der Waals surface area contributed by atoms with Gasteiger partial charge in [0.15, 0.2) is 30.0 Å². The summed E-state index contributed by atoms with van der Waals surface area (Å²) in [5, 5.41) is 0.317. The second kappa shape index (κ2) is 9.93. The van der Waals surface area contributed by atoms with E-state index in [1.54, 1.807) is 74.6 Å². The maximum atomic E-state index is 13.6. The summed E-state index contributed by atoms with van der Waals surface area (Å²) in [5.41, 5.74) is 1.25. The lowest BCUT2D eigenvalue weighted by Gasteiger charge is -2.26. The zero-order chi connectivity index (χ0) is 27.0. The lowest BCUT2D eigenvalue weighted by Crippen LogP contribution is -2.35. The summed E-state index contributed by atoms with van der Waals surface area (Å²) in [6, 6.07) is 16.7. The third-order valence-corrected chi connectivity index (χ3v) is 6.40. The second-order valence-electron chi connectivity index (χ2n) is 8.70. The van der Waals surface area contributed by atoms with Crippen molar-refractivity contribution in [2.75, 3.05) is 32.8 Å². The van der Waals surface area contributed by atoms with Gasteiger partial charge in [-0.1, -0.05) is 12.1 Å². The Balaban J connectivity index is 1.56. The Morgan fingerprint density at radius 2 is 1.74 bits per heavy atom. The van der Waals surface area contributed by atoms with Crippen molar-refractivity contribution in [3.05, 3.63) is 76.5 Å². The van der Waals surface area contributed by atoms with E-state index >= 15 is 0 Å². The number of anilines is 1. The van der Waals surface area contributed by atoms with Gasteiger partial charge in [0.05, 0.1) is 25.3 Å². The minimum absolute atomic E-state index is 0.0625. The van der Waals surface area contributed by atoms with E-state index < -0.39 is 11.5 Å². The Labute approximate surface area is 218 Å². The number of methoxy groups -OCH3 is 2. The molecule has 0 spiro atoms. The highest BCUT2D eigenvalue weighted by atomic mass is 16.5. The lowest BCUT2D eigenvalue weighted by atomic mass is 10.0. The smallest absolute Gasteiger partial charge is 0.264 e. The number of para-hydroxylation sites is 1. The average Bonchev–Trinajstić information content (AvgIpc) is 2.95. The third-order valence-electron chi connectivity index (χ3n) is 6.40. The number of fused-ring (bicyclic) bond motifs is 2. The summed E-state index contributed by atoms with van der Waals surface area (Å²) in [4.78, 5) is 40.4. The Hall–Kier alpha value is -4.79. The Kier molecular flexibility index (Phi) is 6.50. The van der Waals surface area contributed by atoms with Crippen molar-refractivity contribution in [1.82, 2.24) is 0 Å². The van der Waals surface area contributed by atoms with Gasteiger partial charge in [-0.3, -0.25) is 14.4 Å². The van der Waals surface area contributed by atoms with Crippen LogP contribution in [-0.2, 0) is 4.79 Å². The van der Waals surface area contributed by atoms with E-state index in [4.69, 9.17) is 23.4 Å². The molecular formula is C29H25NO8. The summed E-state index contributed by atoms with van der Waals surface area (Å²) in [5.74, 6) is 0.882. The molecule has 0 saturated heterocycles. The molecule has 194 valence electrons. The van der Waals surface area contributed by atoms with Gasteiger partial charge in [-0.15, -0.1) is 0 Å². The molecular weight excluding hydrogens is 490 g/mol. The van der Waals surface area contributed by atoms with Crippen LogP contribution < -0.4 is 29.3 Å². The quantitative estimate of drug-likeness (QED) is 0.332. The first kappa shape index (κ1) is 24.9. The van der Waals surface area contributed by atoms with Crippen molar-refractivity contribution >= 4 is 28.3 Å². The molecule has 9 nitrogen and oxygen atoms in total. The number of amides is 1. The van der Waals surface area contributed by atoms with Gasteiger partial charge in [0.25, 0.3) is 5.91 Å². The highest BCUT2D eigenvalue weighted by Gasteiger charge is 2.27. The van der Waals surface area contributed by atoms with Gasteiger partial charge >= 0.3 is 0 Å². The number of carbonyl (C=O) groups is 2. The van der Waals surface area contributed by atoms with Crippen molar-refractivity contribution in [3.8, 4) is 34.3 Å². The van der Waals surface area contributed by atoms with Crippen LogP contribution in [0.3, 0.4) is 0 Å². The van der Waals surface area contributed by atoms with E-state index in [-0.39, 0.29) is 29.8 Å². The molecule has 2 heterocycles. The Bertz CT molecular complexity index is 1620. The van der Waals surface area contributed by atoms with Crippen molar-refractivity contribution < 1.29 is 33.0 Å². The van der Waals surface area contributed by atoms with E-state index in [0.717, 1.165) is 0 Å². The lowest BCUT2D eigenvalue weighted by molar-refractivity contribution is -0.120. The van der Waals surface area contributed by atoms with Crippen molar-refractivity contribution in [1.29, 1.82) is 0 Å². The van der Waals surface area contributed by atoms with Gasteiger partial charge in [0.1, 0.15) is 11.3 Å². The first-order chi connectivity index (χ1) is 18.3. The van der Waals surface area contributed by atoms with Crippen LogP contribution in [0, 0.1) is 0 Å². The maximum Gasteiger partial charge on any atom is 0.264 e. The topological polar surface area (TPSA) is 105 Å². The first-order valence-corrected chi connectivity index (χ1v) is 11.8. The standard InChI is InChI=1S/C29H25NO8/c1-16(26(32)17-9-11-22-20(13-17)30(2)25(31)15-36-22)37-29-27(33)19-7-5-6-8-21(19)38-28(29)18-10-12-23(34-3)24(14-18)35-4/h5-14,16H,15H2,1-4H3. The molecule has 9 heteroatoms. The fourth-order valence-corrected chi connectivity index (χ4v) is 4.29. The molecule has 1 unspecified atom stereocenters. The molecule has 0 bridgehead atoms. The molecule has 0 radical (unpaired) electrons. The third kappa shape index (κ3) is 4.32. The summed E-state index contributed by atoms with van der Waals surface area (Å²) in [6.07, 6.45) is -1.05. The van der Waals surface area contributed by atoms with Crippen molar-refractivity contribution in [3.63, 3.8) is 0 Å². The number of ketones is 1. The van der Waals surface area contributed by atoms with Crippen LogP contribution in [0.15, 0.2) is 69.9 Å². The number of ether oxygens (including phenoxy) is 4. The summed E-state index contributed by atoms with van der Waals surface area (Å²) in [7, 11) is 4.65. The first-order valence-electron chi connectivity index (χ1n) is 11.8. The molecule has 3 aromatic carbocycles. The Morgan fingerprint density at radius 3 is 2.50 bits per heavy atom. The van der Waals surface area contributed by atoms with Gasteiger partial charge in [-0.05, 0) is 55.5 Å². The predicted molar refractivity (Wildman–Crippen MR) is 141 cm³/mol. The highest BCUT2D eigenvalue weighted by molar-refractivity contribution is 6.03. The van der Waals surface area contributed by atoms with Crippen molar-refractivity contribution in [2.24, 2.45) is 0 Å². The molecule has 1 amide bonds. The molecule has 1 aliphatic heterocycles. The Morgan fingerprint density at radius 1 is 0.974 bits per heavy atom. The fourth-order valence-electron chi connectivity index (χ4n) is 4.29. The summed E-state index contributed by atoms with van der Waals surface area (Å²) < 4.78 is 28.4. The molecule has 5 rings (SSSR count). The predicted octanol–water partition coefficient (Wildman–Crippen LogP) is 4.48. The van der Waals surface area contributed by atoms with E-state index in [0.29, 0.717) is 45.0 Å². The zero-order valence-electron chi connectivity index (χ0n) is 21.3. The molecule has 0 N–H and O–H groups in total. The van der Waals surface area contributed by atoms with E-state index in [1.165, 1.54) is 19.1 Å². The monoisotopic (exact) mass is 515 g/mol. The van der Waals surface area contributed by atoms with Crippen LogP contribution in [0.2, 0.25) is 0 Å². The number of rotatable bonds is 7. The van der Waals surface area contributed by atoms with E-state index in [9.17, 15) is 14.4 Å². The SMILES string of the molecule is COc1ccc(-c2oc3ccccc3c(=O)c2OC(C)C(=O)c2ccc3c(c2)N(C)C(=O)CO3)cc1OC. The fraction of sp³-hybridized carbons (Fsp3) is 0.207. The number of carbonyl (C=O) groups excluding carboxylic acids is 2. The van der Waals surface area contributed by atoms with E-state index in [2.05, 4.69) is 0 Å². The van der Waals surface area contributed by atoms with Crippen LogP contribution in [0.25, 0.3) is 22.3 Å². The number of hydrogen-bond acceptors (Lipinski definition) is 8. The van der Waals surface area contributed by atoms with Crippen LogP contribution in [0.1, 0.15) is 17.3 Å². The highest BCUT2D eigenvalue weighted by Crippen LogP contribution is 2.37. The number of likely N-dealkylation sites (N-methyl/N-ethyl adjacent to an activating group) is 1. The van der Waals surface area contributed by atoms with Crippen LogP contribution >= 0.6 is 0 Å². The van der Waals surface area contributed by atoms with Gasteiger partial charge in [0.2, 0.25) is 17.0 Å². The number of benzene rings is 3. The molecule has 0 fully saturated rings. The van der Waals surface area contributed by atoms with E-state index in [1.807, 2.05) is 0 Å². The minimum Gasteiger partial charge on any atom is -0.493 e. The molecule has 0 saturated carbocycles. The molecule has 0 aliphatic carbocycles. The summed E-state index contributed by atoms with van der Waals surface area (Å²) in [6.45, 7) is 1.49. The summed E-state index contributed by atoms with van der Waals surface area (Å²) >= 11 is 0. The normalized spacial score (nSPS) is 13.5. The van der Waals surface area contributed by atoms with Gasteiger partial charge < -0.3 is 28.3 Å². The van der Waals surface area contributed by atoms with Gasteiger partial charge in [-0.25, -0.2) is 0 Å². The largest absolute Gasteiger partial charge is 0.493 e.